The third-order valence-corrected chi connectivity index (χ3v) is 1.23. The fourth-order valence-corrected chi connectivity index (χ4v) is 0.445. The molecule has 0 aromatic rings. The Labute approximate surface area is 73.2 Å². The zero-order valence-corrected chi connectivity index (χ0v) is 6.60. The Morgan fingerprint density at radius 3 is 1.50 bits per heavy atom. The predicted octanol–water partition coefficient (Wildman–Crippen LogP) is 3.69. The van der Waals surface area contributed by atoms with E-state index in [9.17, 15) is 35.1 Å². The molecule has 0 heterocycles. The van der Waals surface area contributed by atoms with Crippen LogP contribution >= 0.6 is 0 Å². The van der Waals surface area contributed by atoms with E-state index in [0.717, 1.165) is 0 Å². The zero-order chi connectivity index (χ0) is 11.7. The van der Waals surface area contributed by atoms with Gasteiger partial charge in [0, 0.05) is 0 Å². The molecule has 0 bridgehead atoms. The van der Waals surface area contributed by atoms with Gasteiger partial charge in [0.15, 0.2) is 6.17 Å². The van der Waals surface area contributed by atoms with Crippen molar-refractivity contribution < 1.29 is 35.1 Å². The Morgan fingerprint density at radius 2 is 1.29 bits per heavy atom. The lowest BCUT2D eigenvalue weighted by atomic mass is 10.2. The van der Waals surface area contributed by atoms with Crippen LogP contribution in [0.4, 0.5) is 35.1 Å². The van der Waals surface area contributed by atoms with Crippen LogP contribution in [-0.4, -0.2) is 18.3 Å². The molecular weight excluding hydrogens is 224 g/mol. The van der Waals surface area contributed by atoms with Gasteiger partial charge in [-0.2, -0.15) is 26.3 Å². The van der Waals surface area contributed by atoms with Crippen LogP contribution in [-0.2, 0) is 0 Å². The van der Waals surface area contributed by atoms with Gasteiger partial charge in [0.1, 0.15) is 0 Å². The van der Waals surface area contributed by atoms with E-state index < -0.39 is 29.9 Å². The summed E-state index contributed by atoms with van der Waals surface area (Å²) in [5.74, 6) is -12.2. The lowest BCUT2D eigenvalue weighted by Crippen LogP contribution is -2.30. The molecule has 1 unspecified atom stereocenters. The molecule has 84 valence electrons. The van der Waals surface area contributed by atoms with Gasteiger partial charge in [0.25, 0.3) is 0 Å². The minimum Gasteiger partial charge on any atom is -0.241 e. The van der Waals surface area contributed by atoms with Gasteiger partial charge >= 0.3 is 12.1 Å². The lowest BCUT2D eigenvalue weighted by Gasteiger charge is -2.16. The van der Waals surface area contributed by atoms with Crippen molar-refractivity contribution in [3.8, 4) is 0 Å². The van der Waals surface area contributed by atoms with Crippen molar-refractivity contribution in [2.75, 3.05) is 0 Å². The highest BCUT2D eigenvalue weighted by atomic mass is 19.4. The van der Waals surface area contributed by atoms with E-state index >= 15 is 0 Å². The SMILES string of the molecule is CC(F)C(F)(F)C(F)=C(F)C(F)(F)F. The third-order valence-electron chi connectivity index (χ3n) is 1.23. The molecule has 0 radical (unpaired) electrons. The van der Waals surface area contributed by atoms with Crippen LogP contribution in [0.5, 0.6) is 0 Å². The van der Waals surface area contributed by atoms with Crippen LogP contribution in [0.1, 0.15) is 6.92 Å². The molecule has 0 saturated carbocycles. The molecule has 8 heteroatoms. The first-order chi connectivity index (χ1) is 6.01. The fourth-order valence-electron chi connectivity index (χ4n) is 0.445. The minimum atomic E-state index is -5.89. The Hall–Kier alpha value is -0.820. The molecule has 0 spiro atoms. The van der Waals surface area contributed by atoms with Gasteiger partial charge in [0.2, 0.25) is 11.7 Å². The monoisotopic (exact) mass is 228 g/mol. The summed E-state index contributed by atoms with van der Waals surface area (Å²) in [5, 5.41) is 0. The standard InChI is InChI=1S/C6H4F8/c1-2(7)5(10,11)3(8)4(9)6(12,13)14/h2H,1H3. The first-order valence-electron chi connectivity index (χ1n) is 3.16. The van der Waals surface area contributed by atoms with Crippen molar-refractivity contribution in [1.29, 1.82) is 0 Å². The van der Waals surface area contributed by atoms with Gasteiger partial charge in [-0.05, 0) is 6.92 Å². The van der Waals surface area contributed by atoms with Crippen LogP contribution in [0.15, 0.2) is 11.7 Å². The fraction of sp³-hybridized carbons (Fsp3) is 0.667. The highest BCUT2D eigenvalue weighted by molar-refractivity contribution is 5.15. The van der Waals surface area contributed by atoms with Gasteiger partial charge in [-0.3, -0.25) is 0 Å². The van der Waals surface area contributed by atoms with E-state index in [1.165, 1.54) is 0 Å². The van der Waals surface area contributed by atoms with Crippen LogP contribution in [0.3, 0.4) is 0 Å². The van der Waals surface area contributed by atoms with Crippen LogP contribution < -0.4 is 0 Å². The molecular formula is C6H4F8. The maximum absolute atomic E-state index is 12.2. The van der Waals surface area contributed by atoms with E-state index in [-0.39, 0.29) is 6.92 Å². The average Bonchev–Trinajstić information content (AvgIpc) is 1.99. The van der Waals surface area contributed by atoms with Crippen LogP contribution in [0.2, 0.25) is 0 Å². The van der Waals surface area contributed by atoms with Crippen molar-refractivity contribution in [2.24, 2.45) is 0 Å². The number of allylic oxidation sites excluding steroid dienone is 2. The second kappa shape index (κ2) is 3.74. The minimum absolute atomic E-state index is 0.114. The van der Waals surface area contributed by atoms with Crippen molar-refractivity contribution in [2.45, 2.75) is 25.2 Å². The van der Waals surface area contributed by atoms with Crippen molar-refractivity contribution in [3.63, 3.8) is 0 Å². The Bertz CT molecular complexity index is 235. The van der Waals surface area contributed by atoms with E-state index in [1.807, 2.05) is 0 Å². The number of rotatable bonds is 2. The molecule has 0 N–H and O–H groups in total. The summed E-state index contributed by atoms with van der Waals surface area (Å²) >= 11 is 0. The van der Waals surface area contributed by atoms with Gasteiger partial charge in [0.05, 0.1) is 0 Å². The van der Waals surface area contributed by atoms with Crippen molar-refractivity contribution >= 4 is 0 Å². The number of alkyl halides is 6. The quantitative estimate of drug-likeness (QED) is 0.632. The van der Waals surface area contributed by atoms with E-state index in [2.05, 4.69) is 0 Å². The van der Waals surface area contributed by atoms with Gasteiger partial charge < -0.3 is 0 Å². The van der Waals surface area contributed by atoms with E-state index in [4.69, 9.17) is 0 Å². The third kappa shape index (κ3) is 2.58. The molecule has 0 rings (SSSR count). The second-order valence-electron chi connectivity index (χ2n) is 2.36. The molecule has 0 aliphatic carbocycles. The largest absolute Gasteiger partial charge is 0.445 e. The highest BCUT2D eigenvalue weighted by Gasteiger charge is 2.50. The molecule has 0 aromatic carbocycles. The molecule has 1 atom stereocenters. The van der Waals surface area contributed by atoms with Gasteiger partial charge in [-0.1, -0.05) is 0 Å². The average molecular weight is 228 g/mol. The summed E-state index contributed by atoms with van der Waals surface area (Å²) in [6.07, 6.45) is -9.14. The molecule has 0 nitrogen and oxygen atoms in total. The summed E-state index contributed by atoms with van der Waals surface area (Å²) in [6.45, 7) is 0.114. The number of halogens is 8. The molecule has 0 amide bonds. The number of hydrogen-bond acceptors (Lipinski definition) is 0. The number of hydrogen-bond donors (Lipinski definition) is 0. The maximum Gasteiger partial charge on any atom is 0.445 e. The van der Waals surface area contributed by atoms with Crippen molar-refractivity contribution in [3.05, 3.63) is 11.7 Å². The topological polar surface area (TPSA) is 0 Å². The van der Waals surface area contributed by atoms with Crippen molar-refractivity contribution in [1.82, 2.24) is 0 Å². The summed E-state index contributed by atoms with van der Waals surface area (Å²) in [7, 11) is 0. The normalized spacial score (nSPS) is 17.8. The lowest BCUT2D eigenvalue weighted by molar-refractivity contribution is -0.121. The smallest absolute Gasteiger partial charge is 0.241 e. The second-order valence-corrected chi connectivity index (χ2v) is 2.36. The molecule has 14 heavy (non-hydrogen) atoms. The first kappa shape index (κ1) is 13.2. The van der Waals surface area contributed by atoms with Crippen LogP contribution in [0.25, 0.3) is 0 Å². The molecule has 0 saturated heterocycles. The maximum atomic E-state index is 12.2. The summed E-state index contributed by atoms with van der Waals surface area (Å²) in [5.41, 5.74) is 0. The first-order valence-corrected chi connectivity index (χ1v) is 3.16. The molecule has 0 aliphatic rings. The van der Waals surface area contributed by atoms with E-state index in [1.54, 1.807) is 0 Å². The Kier molecular flexibility index (Phi) is 3.52. The Balaban J connectivity index is 5.21. The van der Waals surface area contributed by atoms with Gasteiger partial charge in [-0.15, -0.1) is 0 Å². The zero-order valence-electron chi connectivity index (χ0n) is 6.60. The summed E-state index contributed by atoms with van der Waals surface area (Å²) in [6, 6.07) is 0. The summed E-state index contributed by atoms with van der Waals surface area (Å²) < 4.78 is 94.4. The molecule has 0 fully saturated rings. The highest BCUT2D eigenvalue weighted by Crippen LogP contribution is 2.39. The van der Waals surface area contributed by atoms with Crippen LogP contribution in [0, 0.1) is 0 Å². The molecule has 0 aromatic heterocycles. The van der Waals surface area contributed by atoms with E-state index in [0.29, 0.717) is 0 Å². The molecule has 0 aliphatic heterocycles. The predicted molar refractivity (Wildman–Crippen MR) is 30.8 cm³/mol. The summed E-state index contributed by atoms with van der Waals surface area (Å²) in [4.78, 5) is 0. The van der Waals surface area contributed by atoms with Gasteiger partial charge in [-0.25, -0.2) is 8.78 Å². The Morgan fingerprint density at radius 1 is 0.929 bits per heavy atom.